The van der Waals surface area contributed by atoms with E-state index in [4.69, 9.17) is 4.74 Å². The van der Waals surface area contributed by atoms with E-state index in [9.17, 15) is 18.0 Å². The third-order valence-corrected chi connectivity index (χ3v) is 4.67. The number of aryl methyl sites for hydroxylation is 1. The third kappa shape index (κ3) is 5.00. The topological polar surface area (TPSA) is 76.4 Å². The Labute approximate surface area is 172 Å². The molecule has 1 saturated heterocycles. The summed E-state index contributed by atoms with van der Waals surface area (Å²) in [5, 5.41) is 3.85. The fourth-order valence-corrected chi connectivity index (χ4v) is 3.12. The van der Waals surface area contributed by atoms with Gasteiger partial charge in [0, 0.05) is 44.9 Å². The van der Waals surface area contributed by atoms with Gasteiger partial charge in [-0.1, -0.05) is 13.8 Å². The van der Waals surface area contributed by atoms with Crippen molar-refractivity contribution in [2.75, 3.05) is 37.7 Å². The highest BCUT2D eigenvalue weighted by Crippen LogP contribution is 2.30. The summed E-state index contributed by atoms with van der Waals surface area (Å²) in [5.41, 5.74) is -1.11. The smallest absolute Gasteiger partial charge is 0.433 e. The van der Waals surface area contributed by atoms with Crippen LogP contribution in [-0.4, -0.2) is 63.3 Å². The number of piperazine rings is 1. The summed E-state index contributed by atoms with van der Waals surface area (Å²) in [7, 11) is 0. The van der Waals surface area contributed by atoms with Crippen molar-refractivity contribution in [2.24, 2.45) is 5.92 Å². The van der Waals surface area contributed by atoms with Crippen molar-refractivity contribution in [3.63, 3.8) is 0 Å². The molecule has 1 aliphatic rings. The van der Waals surface area contributed by atoms with Crippen LogP contribution in [0.4, 0.5) is 19.0 Å². The van der Waals surface area contributed by atoms with Crippen molar-refractivity contribution in [3.05, 3.63) is 29.8 Å². The quantitative estimate of drug-likeness (QED) is 0.707. The molecule has 0 saturated carbocycles. The van der Waals surface area contributed by atoms with Gasteiger partial charge in [-0.05, 0) is 12.8 Å². The summed E-state index contributed by atoms with van der Waals surface area (Å²) in [6.07, 6.45) is -3.12. The van der Waals surface area contributed by atoms with Crippen molar-refractivity contribution in [1.29, 1.82) is 0 Å². The number of rotatable bonds is 6. The molecule has 0 atom stereocenters. The summed E-state index contributed by atoms with van der Waals surface area (Å²) in [6.45, 7) is 7.90. The minimum Gasteiger partial charge on any atom is -0.477 e. The molecule has 164 valence electrons. The SMILES string of the molecule is CCn1nc(C(=O)N2CCN(c3cc(OCC(C)C)ncn3)CC2)cc1C(F)(F)F. The van der Waals surface area contributed by atoms with E-state index >= 15 is 0 Å². The van der Waals surface area contributed by atoms with Crippen LogP contribution < -0.4 is 9.64 Å². The molecule has 0 aromatic carbocycles. The van der Waals surface area contributed by atoms with Gasteiger partial charge >= 0.3 is 6.18 Å². The normalized spacial score (nSPS) is 15.0. The van der Waals surface area contributed by atoms with Crippen LogP contribution in [0.25, 0.3) is 0 Å². The highest BCUT2D eigenvalue weighted by molar-refractivity contribution is 5.92. The van der Waals surface area contributed by atoms with Gasteiger partial charge in [0.05, 0.1) is 6.61 Å². The lowest BCUT2D eigenvalue weighted by molar-refractivity contribution is -0.144. The molecule has 1 fully saturated rings. The van der Waals surface area contributed by atoms with Crippen LogP contribution in [0.3, 0.4) is 0 Å². The van der Waals surface area contributed by atoms with E-state index in [0.717, 1.165) is 10.7 Å². The van der Waals surface area contributed by atoms with Crippen molar-refractivity contribution in [1.82, 2.24) is 24.6 Å². The molecule has 0 bridgehead atoms. The largest absolute Gasteiger partial charge is 0.477 e. The van der Waals surface area contributed by atoms with Gasteiger partial charge in [-0.15, -0.1) is 0 Å². The van der Waals surface area contributed by atoms with E-state index < -0.39 is 17.8 Å². The lowest BCUT2D eigenvalue weighted by Crippen LogP contribution is -2.49. The number of nitrogens with zero attached hydrogens (tertiary/aromatic N) is 6. The molecule has 0 spiro atoms. The number of aromatic nitrogens is 4. The molecular weight excluding hydrogens is 401 g/mol. The van der Waals surface area contributed by atoms with Crippen molar-refractivity contribution in [2.45, 2.75) is 33.5 Å². The summed E-state index contributed by atoms with van der Waals surface area (Å²) in [6, 6.07) is 2.57. The first-order chi connectivity index (χ1) is 14.2. The molecule has 8 nitrogen and oxygen atoms in total. The highest BCUT2D eigenvalue weighted by Gasteiger charge is 2.37. The molecule has 0 N–H and O–H groups in total. The maximum Gasteiger partial charge on any atom is 0.433 e. The van der Waals surface area contributed by atoms with Crippen molar-refractivity contribution < 1.29 is 22.7 Å². The number of hydrogen-bond donors (Lipinski definition) is 0. The van der Waals surface area contributed by atoms with E-state index in [-0.39, 0.29) is 12.2 Å². The number of anilines is 1. The molecule has 1 aliphatic heterocycles. The Balaban J connectivity index is 1.64. The van der Waals surface area contributed by atoms with Crippen LogP contribution in [0.1, 0.15) is 37.0 Å². The van der Waals surface area contributed by atoms with Crippen LogP contribution in [0.15, 0.2) is 18.5 Å². The van der Waals surface area contributed by atoms with E-state index in [0.29, 0.717) is 50.4 Å². The standard InChI is InChI=1S/C19H25F3N6O2/c1-4-28-15(19(20,21)22)9-14(25-28)18(29)27-7-5-26(6-8-27)16-10-17(24-12-23-16)30-11-13(2)3/h9-10,12-13H,4-8,11H2,1-3H3. The van der Waals surface area contributed by atoms with Gasteiger partial charge < -0.3 is 14.5 Å². The second kappa shape index (κ2) is 8.88. The Morgan fingerprint density at radius 3 is 2.43 bits per heavy atom. The first kappa shape index (κ1) is 21.8. The predicted octanol–water partition coefficient (Wildman–Crippen LogP) is 2.71. The Kier molecular flexibility index (Phi) is 6.47. The zero-order chi connectivity index (χ0) is 21.9. The predicted molar refractivity (Wildman–Crippen MR) is 103 cm³/mol. The number of carbonyl (C=O) groups excluding carboxylic acids is 1. The fraction of sp³-hybridized carbons (Fsp3) is 0.579. The molecule has 1 amide bonds. The average Bonchev–Trinajstić information content (AvgIpc) is 3.17. The first-order valence-corrected chi connectivity index (χ1v) is 9.83. The number of halogens is 3. The second-order valence-corrected chi connectivity index (χ2v) is 7.43. The fourth-order valence-electron chi connectivity index (χ4n) is 3.12. The van der Waals surface area contributed by atoms with Gasteiger partial charge in [0.15, 0.2) is 5.69 Å². The molecule has 11 heteroatoms. The van der Waals surface area contributed by atoms with Crippen LogP contribution in [0.5, 0.6) is 5.88 Å². The maximum absolute atomic E-state index is 13.1. The van der Waals surface area contributed by atoms with Gasteiger partial charge in [0.25, 0.3) is 5.91 Å². The number of alkyl halides is 3. The maximum atomic E-state index is 13.1. The summed E-state index contributed by atoms with van der Waals surface area (Å²) < 4.78 is 45.8. The van der Waals surface area contributed by atoms with Gasteiger partial charge in [-0.3, -0.25) is 9.48 Å². The third-order valence-electron chi connectivity index (χ3n) is 4.67. The molecule has 0 aliphatic carbocycles. The Morgan fingerprint density at radius 1 is 1.17 bits per heavy atom. The molecular formula is C19H25F3N6O2. The lowest BCUT2D eigenvalue weighted by Gasteiger charge is -2.35. The first-order valence-electron chi connectivity index (χ1n) is 9.83. The monoisotopic (exact) mass is 426 g/mol. The molecule has 3 heterocycles. The molecule has 2 aromatic rings. The number of ether oxygens (including phenoxy) is 1. The molecule has 2 aromatic heterocycles. The molecule has 0 radical (unpaired) electrons. The molecule has 0 unspecified atom stereocenters. The summed E-state index contributed by atoms with van der Waals surface area (Å²) in [5.74, 6) is 1.03. The zero-order valence-corrected chi connectivity index (χ0v) is 17.2. The van der Waals surface area contributed by atoms with E-state index in [1.54, 1.807) is 13.0 Å². The summed E-state index contributed by atoms with van der Waals surface area (Å²) in [4.78, 5) is 24.5. The molecule has 3 rings (SSSR count). The van der Waals surface area contributed by atoms with Gasteiger partial charge in [-0.2, -0.15) is 18.3 Å². The van der Waals surface area contributed by atoms with Gasteiger partial charge in [-0.25, -0.2) is 9.97 Å². The minimum absolute atomic E-state index is 0.0326. The van der Waals surface area contributed by atoms with E-state index in [1.807, 2.05) is 18.7 Å². The van der Waals surface area contributed by atoms with Crippen LogP contribution in [0, 0.1) is 5.92 Å². The number of amides is 1. The Bertz CT molecular complexity index is 875. The Morgan fingerprint density at radius 2 is 1.87 bits per heavy atom. The number of carbonyl (C=O) groups is 1. The van der Waals surface area contributed by atoms with E-state index in [2.05, 4.69) is 15.1 Å². The van der Waals surface area contributed by atoms with Crippen LogP contribution in [-0.2, 0) is 12.7 Å². The summed E-state index contributed by atoms with van der Waals surface area (Å²) >= 11 is 0. The van der Waals surface area contributed by atoms with Gasteiger partial charge in [0.2, 0.25) is 5.88 Å². The van der Waals surface area contributed by atoms with Crippen molar-refractivity contribution >= 4 is 11.7 Å². The molecule has 30 heavy (non-hydrogen) atoms. The van der Waals surface area contributed by atoms with E-state index in [1.165, 1.54) is 11.2 Å². The van der Waals surface area contributed by atoms with Gasteiger partial charge in [0.1, 0.15) is 17.8 Å². The minimum atomic E-state index is -4.55. The second-order valence-electron chi connectivity index (χ2n) is 7.43. The van der Waals surface area contributed by atoms with Crippen LogP contribution in [0.2, 0.25) is 0 Å². The lowest BCUT2D eigenvalue weighted by atomic mass is 10.2. The van der Waals surface area contributed by atoms with Crippen molar-refractivity contribution in [3.8, 4) is 5.88 Å². The zero-order valence-electron chi connectivity index (χ0n) is 17.2. The van der Waals surface area contributed by atoms with Crippen LogP contribution >= 0.6 is 0 Å². The highest BCUT2D eigenvalue weighted by atomic mass is 19.4. The Hall–Kier alpha value is -2.85. The number of hydrogen-bond acceptors (Lipinski definition) is 6. The average molecular weight is 426 g/mol.